The molecule has 0 spiro atoms. The summed E-state index contributed by atoms with van der Waals surface area (Å²) in [5, 5.41) is 263. The number of halogens is 8. The smallest absolute Gasteiger partial charge is 0.218 e. The Kier molecular flexibility index (Phi) is 41.3. The molecule has 1 heterocycles. The number of alkyl halides is 8. The van der Waals surface area contributed by atoms with Crippen LogP contribution in [0.15, 0.2) is 57.6 Å². The van der Waals surface area contributed by atoms with Crippen LogP contribution in [0.1, 0.15) is 51.4 Å². The summed E-state index contributed by atoms with van der Waals surface area (Å²) in [6, 6.07) is 0. The fourth-order valence-corrected chi connectivity index (χ4v) is 9.26. The topological polar surface area (TPSA) is 559 Å². The SMILES string of the molecule is O/C1=C(\O)C(CCCl)OC(O)/C(O)=C(/O)C(CCCl)OC(O)C(O)C(O)C(CCCl)OC(O)C(O)C(O)C(CCCl)OC(O)C(O)C(O)C(CCCl)OC(O)/C(O)=C(/O)C(CCCl)OC(O)/C(O)=C(\O)C(CCCl)OC(O)/C(O)=C(\O)C(CCCl)OC1O. The number of aliphatic hydroxyl groups is 24. The Balaban J connectivity index is 4.13. The van der Waals surface area contributed by atoms with Gasteiger partial charge in [-0.05, 0) is 51.4 Å². The highest BCUT2D eigenvalue weighted by molar-refractivity contribution is 6.19. The van der Waals surface area contributed by atoms with Crippen LogP contribution in [-0.4, -0.2) is 305 Å². The van der Waals surface area contributed by atoms with E-state index in [0.717, 1.165) is 0 Å². The molecule has 0 aromatic heterocycles. The zero-order valence-electron chi connectivity index (χ0n) is 46.0. The Morgan fingerprint density at radius 3 is 0.580 bits per heavy atom. The third-order valence-electron chi connectivity index (χ3n) is 12.5. The highest BCUT2D eigenvalue weighted by Crippen LogP contribution is 2.29. The van der Waals surface area contributed by atoms with Crippen molar-refractivity contribution in [3.63, 3.8) is 0 Å². The van der Waals surface area contributed by atoms with Crippen LogP contribution in [-0.2, 0) is 37.9 Å². The normalized spacial score (nSPS) is 40.5. The van der Waals surface area contributed by atoms with Crippen LogP contribution in [0.2, 0.25) is 0 Å². The van der Waals surface area contributed by atoms with Crippen LogP contribution < -0.4 is 0 Å². The van der Waals surface area contributed by atoms with Gasteiger partial charge >= 0.3 is 0 Å². The van der Waals surface area contributed by atoms with E-state index in [-0.39, 0.29) is 0 Å². The molecule has 24 N–H and O–H groups in total. The van der Waals surface area contributed by atoms with Crippen molar-refractivity contribution in [2.75, 3.05) is 47.0 Å². The van der Waals surface area contributed by atoms with E-state index in [1.54, 1.807) is 0 Å². The Morgan fingerprint density at radius 1 is 0.205 bits per heavy atom. The average molecular weight is 1450 g/mol. The highest BCUT2D eigenvalue weighted by atomic mass is 35.5. The van der Waals surface area contributed by atoms with E-state index < -0.39 is 292 Å². The first kappa shape index (κ1) is 84.2. The van der Waals surface area contributed by atoms with Gasteiger partial charge in [-0.1, -0.05) is 0 Å². The van der Waals surface area contributed by atoms with Crippen molar-refractivity contribution in [2.24, 2.45) is 0 Å². The summed E-state index contributed by atoms with van der Waals surface area (Å²) < 4.78 is 41.7. The predicted octanol–water partition coefficient (Wildman–Crippen LogP) is 0.463. The van der Waals surface area contributed by atoms with E-state index >= 15 is 0 Å². The van der Waals surface area contributed by atoms with Gasteiger partial charge in [-0.2, -0.15) is 0 Å². The lowest BCUT2D eigenvalue weighted by atomic mass is 10.0. The zero-order chi connectivity index (χ0) is 67.4. The molecule has 0 amide bonds. The summed E-state index contributed by atoms with van der Waals surface area (Å²) >= 11 is 46.7. The molecule has 518 valence electrons. The minimum Gasteiger partial charge on any atom is -0.506 e. The van der Waals surface area contributed by atoms with E-state index in [0.29, 0.717) is 0 Å². The molecule has 0 fully saturated rings. The number of aliphatic hydroxyl groups excluding tert-OH is 24. The van der Waals surface area contributed by atoms with Crippen molar-refractivity contribution in [3.8, 4) is 0 Å². The molecule has 0 saturated carbocycles. The van der Waals surface area contributed by atoms with Gasteiger partial charge in [0.05, 0.1) is 18.3 Å². The molecule has 40 heteroatoms. The molecular formula is C48H78Cl8O32. The molecule has 88 heavy (non-hydrogen) atoms. The second kappa shape index (κ2) is 43.2. The maximum atomic E-state index is 11.1. The van der Waals surface area contributed by atoms with Gasteiger partial charge in [-0.25, -0.2) is 0 Å². The van der Waals surface area contributed by atoms with Crippen LogP contribution in [0.25, 0.3) is 0 Å². The minimum absolute atomic E-state index is 0.449. The molecule has 22 atom stereocenters. The number of hydrogen-bond donors (Lipinski definition) is 24. The standard InChI is InChI=1S/C48H78Cl8O32/c49-9-1-17-25(57)33(65)42(74)82-19(3-11-51)27(59)35(67)44(76)84-21(5-13-53)29(61)37(69)46(78)86-23(7-15-55)31(63)39(71)48(80)88-24(8-16-56)32(64)40(72)47(79)87-22(6-14-54)30(62)38(70)45(77)85-20(4-12-52)28(60)36(68)43(75)83-18(2-10-50)26(58)34(66)41(73)81-17/h17-27,33-35,41-48,57-80H,1-16H2/b36-28-,37-29-,38-30+,39-31-,40-32+. The van der Waals surface area contributed by atoms with Crippen LogP contribution in [0.5, 0.6) is 0 Å². The van der Waals surface area contributed by atoms with E-state index in [9.17, 15) is 123 Å². The van der Waals surface area contributed by atoms with Crippen LogP contribution in [0.3, 0.4) is 0 Å². The summed E-state index contributed by atoms with van der Waals surface area (Å²) in [4.78, 5) is 0. The molecule has 1 aliphatic heterocycles. The van der Waals surface area contributed by atoms with Gasteiger partial charge in [0.2, 0.25) is 31.5 Å². The maximum absolute atomic E-state index is 11.1. The van der Waals surface area contributed by atoms with Crippen molar-refractivity contribution in [1.82, 2.24) is 0 Å². The molecule has 22 unspecified atom stereocenters. The van der Waals surface area contributed by atoms with Gasteiger partial charge in [0, 0.05) is 47.0 Å². The summed E-state index contributed by atoms with van der Waals surface area (Å²) in [5.74, 6) is -18.8. The monoisotopic (exact) mass is 1450 g/mol. The van der Waals surface area contributed by atoms with Crippen molar-refractivity contribution in [1.29, 1.82) is 0 Å². The lowest BCUT2D eigenvalue weighted by molar-refractivity contribution is -0.276. The largest absolute Gasteiger partial charge is 0.506 e. The molecule has 1 rings (SSSR count). The molecule has 1 aliphatic rings. The summed E-state index contributed by atoms with van der Waals surface area (Å²) in [6.45, 7) is 0. The number of ether oxygens (including phenoxy) is 8. The Hall–Kier alpha value is -1.86. The van der Waals surface area contributed by atoms with Crippen molar-refractivity contribution in [2.45, 2.75) is 187 Å². The molecule has 0 aromatic carbocycles. The molecule has 0 aromatic rings. The average Bonchev–Trinajstić information content (AvgIpc) is 3.29. The minimum atomic E-state index is -2.77. The van der Waals surface area contributed by atoms with E-state index in [1.807, 2.05) is 0 Å². The van der Waals surface area contributed by atoms with Gasteiger partial charge in [0.25, 0.3) is 0 Å². The van der Waals surface area contributed by atoms with Crippen LogP contribution in [0, 0.1) is 0 Å². The van der Waals surface area contributed by atoms with Gasteiger partial charge < -0.3 is 160 Å². The first-order chi connectivity index (χ1) is 41.3. The van der Waals surface area contributed by atoms with Crippen molar-refractivity contribution < 1.29 is 160 Å². The van der Waals surface area contributed by atoms with Gasteiger partial charge in [-0.15, -0.1) is 92.8 Å². The van der Waals surface area contributed by atoms with E-state index in [2.05, 4.69) is 0 Å². The second-order valence-electron chi connectivity index (χ2n) is 18.7. The molecular weight excluding hydrogens is 1370 g/mol. The molecule has 32 nitrogen and oxygen atoms in total. The lowest BCUT2D eigenvalue weighted by Crippen LogP contribution is -2.54. The predicted molar refractivity (Wildman–Crippen MR) is 307 cm³/mol. The quantitative estimate of drug-likeness (QED) is 0.0934. The Morgan fingerprint density at radius 2 is 0.375 bits per heavy atom. The summed E-state index contributed by atoms with van der Waals surface area (Å²) in [6.07, 6.45) is -57.3. The van der Waals surface area contributed by atoms with Crippen LogP contribution >= 0.6 is 92.8 Å². The maximum Gasteiger partial charge on any atom is 0.218 e. The first-order valence-corrected chi connectivity index (χ1v) is 30.4. The van der Waals surface area contributed by atoms with E-state index in [4.69, 9.17) is 131 Å². The van der Waals surface area contributed by atoms with Gasteiger partial charge in [-0.3, -0.25) is 0 Å². The Labute approximate surface area is 542 Å². The van der Waals surface area contributed by atoms with E-state index in [1.165, 1.54) is 0 Å². The molecule has 0 radical (unpaired) electrons. The summed E-state index contributed by atoms with van der Waals surface area (Å²) in [5.41, 5.74) is 0. The zero-order valence-corrected chi connectivity index (χ0v) is 52.1. The highest BCUT2D eigenvalue weighted by Gasteiger charge is 2.43. The number of hydrogen-bond acceptors (Lipinski definition) is 32. The Bertz CT molecular complexity index is 2160. The van der Waals surface area contributed by atoms with Crippen molar-refractivity contribution >= 4 is 92.8 Å². The van der Waals surface area contributed by atoms with Gasteiger partial charge in [0.1, 0.15) is 67.1 Å². The fraction of sp³-hybridized carbons (Fsp3) is 0.792. The summed E-state index contributed by atoms with van der Waals surface area (Å²) in [7, 11) is 0. The number of rotatable bonds is 16. The second-order valence-corrected chi connectivity index (χ2v) is 21.7. The third kappa shape index (κ3) is 25.8. The van der Waals surface area contributed by atoms with Gasteiger partial charge in [0.15, 0.2) is 76.5 Å². The van der Waals surface area contributed by atoms with Crippen LogP contribution in [0.4, 0.5) is 0 Å². The lowest BCUT2D eigenvalue weighted by Gasteiger charge is -2.36. The molecule has 0 aliphatic carbocycles. The molecule has 0 saturated heterocycles. The molecule has 0 bridgehead atoms. The first-order valence-electron chi connectivity index (χ1n) is 26.2. The fourth-order valence-electron chi connectivity index (χ4n) is 7.62. The van der Waals surface area contributed by atoms with Crippen molar-refractivity contribution in [3.05, 3.63) is 57.6 Å². The third-order valence-corrected chi connectivity index (χ3v) is 14.3.